The van der Waals surface area contributed by atoms with Gasteiger partial charge in [0.2, 0.25) is 5.82 Å². The molecule has 104 valence electrons. The minimum Gasteiger partial charge on any atom is -0.378 e. The smallest absolute Gasteiger partial charge is 0.311 e. The van der Waals surface area contributed by atoms with E-state index in [0.717, 1.165) is 5.69 Å². The standard InChI is InChI=1S/C13H13ClN4O2/c1-17(2)10-5-3-4-9(8-10)15-13-11(18(19)20)6-7-12(14)16-13/h3-8H,1-2H3,(H,15,16). The third-order valence-corrected chi connectivity index (χ3v) is 2.87. The summed E-state index contributed by atoms with van der Waals surface area (Å²) >= 11 is 5.79. The van der Waals surface area contributed by atoms with Crippen LogP contribution >= 0.6 is 11.6 Å². The molecule has 1 N–H and O–H groups in total. The SMILES string of the molecule is CN(C)c1cccc(Nc2nc(Cl)ccc2[N+](=O)[O-])c1. The molecule has 2 rings (SSSR count). The molecule has 0 fully saturated rings. The number of hydrogen-bond acceptors (Lipinski definition) is 5. The number of aromatic nitrogens is 1. The minimum atomic E-state index is -0.499. The van der Waals surface area contributed by atoms with Gasteiger partial charge in [-0.1, -0.05) is 17.7 Å². The van der Waals surface area contributed by atoms with E-state index in [2.05, 4.69) is 10.3 Å². The van der Waals surface area contributed by atoms with Gasteiger partial charge in [-0.05, 0) is 24.3 Å². The molecule has 1 aromatic heterocycles. The van der Waals surface area contributed by atoms with E-state index in [1.54, 1.807) is 6.07 Å². The second-order valence-electron chi connectivity index (χ2n) is 4.33. The second kappa shape index (κ2) is 5.75. The molecular weight excluding hydrogens is 280 g/mol. The van der Waals surface area contributed by atoms with Crippen LogP contribution in [0.1, 0.15) is 0 Å². The van der Waals surface area contributed by atoms with Gasteiger partial charge >= 0.3 is 5.69 Å². The fraction of sp³-hybridized carbons (Fsp3) is 0.154. The quantitative estimate of drug-likeness (QED) is 0.531. The van der Waals surface area contributed by atoms with E-state index in [1.807, 2.05) is 37.2 Å². The highest BCUT2D eigenvalue weighted by atomic mass is 35.5. The minimum absolute atomic E-state index is 0.121. The molecule has 1 heterocycles. The number of rotatable bonds is 4. The van der Waals surface area contributed by atoms with E-state index >= 15 is 0 Å². The van der Waals surface area contributed by atoms with E-state index < -0.39 is 4.92 Å². The molecule has 0 saturated carbocycles. The molecule has 6 nitrogen and oxygen atoms in total. The fourth-order valence-electron chi connectivity index (χ4n) is 1.67. The molecular formula is C13H13ClN4O2. The lowest BCUT2D eigenvalue weighted by Gasteiger charge is -2.14. The monoisotopic (exact) mass is 292 g/mol. The summed E-state index contributed by atoms with van der Waals surface area (Å²) in [5.41, 5.74) is 1.55. The molecule has 0 amide bonds. The molecule has 0 bridgehead atoms. The predicted molar refractivity (Wildman–Crippen MR) is 80.0 cm³/mol. The van der Waals surface area contributed by atoms with E-state index in [0.29, 0.717) is 5.69 Å². The normalized spacial score (nSPS) is 10.2. The van der Waals surface area contributed by atoms with Crippen LogP contribution in [0.5, 0.6) is 0 Å². The van der Waals surface area contributed by atoms with Gasteiger partial charge in [0.1, 0.15) is 5.15 Å². The number of anilines is 3. The van der Waals surface area contributed by atoms with Crippen molar-refractivity contribution in [3.63, 3.8) is 0 Å². The molecule has 0 aliphatic rings. The van der Waals surface area contributed by atoms with Crippen LogP contribution in [0.2, 0.25) is 5.15 Å². The first-order valence-electron chi connectivity index (χ1n) is 5.83. The van der Waals surface area contributed by atoms with Crippen molar-refractivity contribution >= 4 is 34.5 Å². The molecule has 0 atom stereocenters. The van der Waals surface area contributed by atoms with Crippen molar-refractivity contribution < 1.29 is 4.92 Å². The Balaban J connectivity index is 2.36. The Kier molecular flexibility index (Phi) is 4.05. The number of nitrogens with one attached hydrogen (secondary N) is 1. The Bertz CT molecular complexity index is 646. The summed E-state index contributed by atoms with van der Waals surface area (Å²) in [4.78, 5) is 16.4. The van der Waals surface area contributed by atoms with E-state index in [9.17, 15) is 10.1 Å². The maximum absolute atomic E-state index is 11.0. The number of nitrogens with zero attached hydrogens (tertiary/aromatic N) is 3. The first kappa shape index (κ1) is 14.1. The maximum Gasteiger partial charge on any atom is 0.311 e. The van der Waals surface area contributed by atoms with Crippen LogP contribution in [0.4, 0.5) is 22.9 Å². The highest BCUT2D eigenvalue weighted by Crippen LogP contribution is 2.28. The average Bonchev–Trinajstić information content (AvgIpc) is 2.38. The summed E-state index contributed by atoms with van der Waals surface area (Å²) in [6.45, 7) is 0. The third kappa shape index (κ3) is 3.16. The summed E-state index contributed by atoms with van der Waals surface area (Å²) in [6, 6.07) is 10.2. The Labute approximate surface area is 121 Å². The molecule has 0 radical (unpaired) electrons. The Hall–Kier alpha value is -2.34. The van der Waals surface area contributed by atoms with Crippen molar-refractivity contribution in [3.05, 3.63) is 51.7 Å². The molecule has 0 saturated heterocycles. The van der Waals surface area contributed by atoms with Crippen molar-refractivity contribution in [1.29, 1.82) is 0 Å². The van der Waals surface area contributed by atoms with Crippen LogP contribution < -0.4 is 10.2 Å². The summed E-state index contributed by atoms with van der Waals surface area (Å²) < 4.78 is 0. The second-order valence-corrected chi connectivity index (χ2v) is 4.72. The van der Waals surface area contributed by atoms with E-state index in [4.69, 9.17) is 11.6 Å². The van der Waals surface area contributed by atoms with E-state index in [-0.39, 0.29) is 16.7 Å². The number of halogens is 1. The Morgan fingerprint density at radius 2 is 2.05 bits per heavy atom. The molecule has 0 aliphatic heterocycles. The van der Waals surface area contributed by atoms with Gasteiger partial charge in [-0.3, -0.25) is 10.1 Å². The summed E-state index contributed by atoms with van der Waals surface area (Å²) in [6.07, 6.45) is 0. The van der Waals surface area contributed by atoms with Gasteiger partial charge in [0.15, 0.2) is 0 Å². The van der Waals surface area contributed by atoms with Crippen molar-refractivity contribution in [2.45, 2.75) is 0 Å². The third-order valence-electron chi connectivity index (χ3n) is 2.66. The van der Waals surface area contributed by atoms with Gasteiger partial charge in [-0.2, -0.15) is 0 Å². The Morgan fingerprint density at radius 3 is 2.70 bits per heavy atom. The summed E-state index contributed by atoms with van der Waals surface area (Å²) in [7, 11) is 3.83. The highest BCUT2D eigenvalue weighted by molar-refractivity contribution is 6.29. The molecule has 0 spiro atoms. The first-order chi connectivity index (χ1) is 9.47. The van der Waals surface area contributed by atoms with Crippen molar-refractivity contribution in [2.24, 2.45) is 0 Å². The molecule has 0 aliphatic carbocycles. The zero-order chi connectivity index (χ0) is 14.7. The lowest BCUT2D eigenvalue weighted by atomic mass is 10.2. The molecule has 2 aromatic rings. The lowest BCUT2D eigenvalue weighted by Crippen LogP contribution is -2.08. The molecule has 1 aromatic carbocycles. The molecule has 7 heteroatoms. The van der Waals surface area contributed by atoms with Crippen LogP contribution in [-0.4, -0.2) is 24.0 Å². The largest absolute Gasteiger partial charge is 0.378 e. The predicted octanol–water partition coefficient (Wildman–Crippen LogP) is 3.45. The Morgan fingerprint density at radius 1 is 1.30 bits per heavy atom. The van der Waals surface area contributed by atoms with E-state index in [1.165, 1.54) is 12.1 Å². The van der Waals surface area contributed by atoms with Gasteiger partial charge in [-0.15, -0.1) is 0 Å². The molecule has 20 heavy (non-hydrogen) atoms. The topological polar surface area (TPSA) is 71.3 Å². The maximum atomic E-state index is 11.0. The number of nitro groups is 1. The van der Waals surface area contributed by atoms with Gasteiger partial charge in [0.25, 0.3) is 0 Å². The summed E-state index contributed by atoms with van der Waals surface area (Å²) in [5, 5.41) is 14.1. The van der Waals surface area contributed by atoms with Gasteiger partial charge in [-0.25, -0.2) is 4.98 Å². The first-order valence-corrected chi connectivity index (χ1v) is 6.20. The molecule has 0 unspecified atom stereocenters. The number of hydrogen-bond donors (Lipinski definition) is 1. The number of benzene rings is 1. The average molecular weight is 293 g/mol. The van der Waals surface area contributed by atoms with Crippen LogP contribution in [0.15, 0.2) is 36.4 Å². The van der Waals surface area contributed by atoms with Crippen molar-refractivity contribution in [1.82, 2.24) is 4.98 Å². The zero-order valence-electron chi connectivity index (χ0n) is 11.0. The fourth-order valence-corrected chi connectivity index (χ4v) is 1.81. The van der Waals surface area contributed by atoms with Crippen LogP contribution in [-0.2, 0) is 0 Å². The lowest BCUT2D eigenvalue weighted by molar-refractivity contribution is -0.384. The van der Waals surface area contributed by atoms with Crippen LogP contribution in [0.25, 0.3) is 0 Å². The number of pyridine rings is 1. The van der Waals surface area contributed by atoms with Gasteiger partial charge < -0.3 is 10.2 Å². The van der Waals surface area contributed by atoms with Crippen molar-refractivity contribution in [2.75, 3.05) is 24.3 Å². The van der Waals surface area contributed by atoms with Crippen molar-refractivity contribution in [3.8, 4) is 0 Å². The van der Waals surface area contributed by atoms with Gasteiger partial charge in [0.05, 0.1) is 4.92 Å². The highest BCUT2D eigenvalue weighted by Gasteiger charge is 2.16. The van der Waals surface area contributed by atoms with Gasteiger partial charge in [0, 0.05) is 31.5 Å². The van der Waals surface area contributed by atoms with Crippen LogP contribution in [0, 0.1) is 10.1 Å². The van der Waals surface area contributed by atoms with Crippen LogP contribution in [0.3, 0.4) is 0 Å². The zero-order valence-corrected chi connectivity index (χ0v) is 11.8. The summed E-state index contributed by atoms with van der Waals surface area (Å²) in [5.74, 6) is 0.124.